The van der Waals surface area contributed by atoms with Crippen LogP contribution in [0.4, 0.5) is 0 Å². The molecule has 1 aromatic heterocycles. The molecule has 3 rings (SSSR count). The third-order valence-corrected chi connectivity index (χ3v) is 4.84. The molecule has 0 aliphatic carbocycles. The third-order valence-electron chi connectivity index (χ3n) is 4.60. The number of ketones is 1. The van der Waals surface area contributed by atoms with Crippen molar-refractivity contribution in [3.05, 3.63) is 87.7 Å². The Morgan fingerprint density at radius 1 is 1.04 bits per heavy atom. The van der Waals surface area contributed by atoms with Crippen LogP contribution in [0, 0.1) is 20.8 Å². The van der Waals surface area contributed by atoms with E-state index in [4.69, 9.17) is 16.3 Å². The maximum absolute atomic E-state index is 12.4. The molecule has 2 aromatic carbocycles. The van der Waals surface area contributed by atoms with Crippen LogP contribution >= 0.6 is 11.6 Å². The molecule has 0 N–H and O–H groups in total. The van der Waals surface area contributed by atoms with Crippen molar-refractivity contribution in [3.8, 4) is 11.4 Å². The smallest absolute Gasteiger partial charge is 0.185 e. The average molecular weight is 380 g/mol. The highest BCUT2D eigenvalue weighted by Gasteiger charge is 2.14. The van der Waals surface area contributed by atoms with Gasteiger partial charge in [0.05, 0.1) is 12.8 Å². The molecule has 0 aliphatic heterocycles. The van der Waals surface area contributed by atoms with Gasteiger partial charge in [0, 0.05) is 22.0 Å². The van der Waals surface area contributed by atoms with E-state index in [-0.39, 0.29) is 5.78 Å². The Labute approximate surface area is 164 Å². The minimum absolute atomic E-state index is 0.0138. The number of rotatable bonds is 5. The summed E-state index contributed by atoms with van der Waals surface area (Å²) in [5.41, 5.74) is 5.73. The largest absolute Gasteiger partial charge is 0.495 e. The number of hydrogen-bond acceptors (Lipinski definition) is 2. The van der Waals surface area contributed by atoms with Crippen LogP contribution in [-0.4, -0.2) is 17.5 Å². The van der Waals surface area contributed by atoms with Gasteiger partial charge in [-0.15, -0.1) is 0 Å². The summed E-state index contributed by atoms with van der Waals surface area (Å²) in [6, 6.07) is 15.2. The Kier molecular flexibility index (Phi) is 5.52. The lowest BCUT2D eigenvalue weighted by Crippen LogP contribution is -2.02. The van der Waals surface area contributed by atoms with E-state index >= 15 is 0 Å². The summed E-state index contributed by atoms with van der Waals surface area (Å²) in [5, 5.41) is 0.643. The first-order valence-electron chi connectivity index (χ1n) is 8.72. The zero-order chi connectivity index (χ0) is 19.6. The fourth-order valence-corrected chi connectivity index (χ4v) is 3.31. The lowest BCUT2D eigenvalue weighted by molar-refractivity contribution is 0.104. The van der Waals surface area contributed by atoms with Gasteiger partial charge in [-0.05, 0) is 62.8 Å². The first kappa shape index (κ1) is 19.0. The van der Waals surface area contributed by atoms with Gasteiger partial charge in [-0.3, -0.25) is 4.79 Å². The highest BCUT2D eigenvalue weighted by atomic mass is 35.5. The number of methoxy groups -OCH3 is 1. The first-order valence-corrected chi connectivity index (χ1v) is 9.10. The summed E-state index contributed by atoms with van der Waals surface area (Å²) >= 11 is 6.19. The molecule has 0 unspecified atom stereocenters. The Hall–Kier alpha value is -2.78. The second-order valence-corrected chi connectivity index (χ2v) is 6.98. The van der Waals surface area contributed by atoms with Crippen molar-refractivity contribution >= 4 is 23.5 Å². The predicted octanol–water partition coefficient (Wildman–Crippen LogP) is 5.96. The highest BCUT2D eigenvalue weighted by Crippen LogP contribution is 2.31. The lowest BCUT2D eigenvalue weighted by atomic mass is 10.1. The Bertz CT molecular complexity index is 1010. The maximum atomic E-state index is 12.4. The quantitative estimate of drug-likeness (QED) is 0.404. The number of benzene rings is 2. The highest BCUT2D eigenvalue weighted by molar-refractivity contribution is 6.30. The molecule has 0 fully saturated rings. The van der Waals surface area contributed by atoms with Crippen LogP contribution in [-0.2, 0) is 0 Å². The minimum Gasteiger partial charge on any atom is -0.495 e. The van der Waals surface area contributed by atoms with Crippen molar-refractivity contribution in [1.82, 2.24) is 4.57 Å². The SMILES string of the molecule is COc1ccc(Cl)cc1-n1c(C)cc(/C=C/C(=O)c2ccc(C)cc2)c1C. The van der Waals surface area contributed by atoms with Gasteiger partial charge < -0.3 is 9.30 Å². The van der Waals surface area contributed by atoms with Crippen LogP contribution in [0.3, 0.4) is 0 Å². The van der Waals surface area contributed by atoms with Crippen LogP contribution < -0.4 is 4.74 Å². The molecule has 0 bridgehead atoms. The van der Waals surface area contributed by atoms with E-state index in [2.05, 4.69) is 10.6 Å². The molecule has 3 aromatic rings. The molecule has 4 heteroatoms. The fraction of sp³-hybridized carbons (Fsp3) is 0.174. The number of allylic oxidation sites excluding steroid dienone is 1. The molecule has 3 nitrogen and oxygen atoms in total. The summed E-state index contributed by atoms with van der Waals surface area (Å²) in [6.07, 6.45) is 3.48. The Morgan fingerprint density at radius 3 is 2.41 bits per heavy atom. The van der Waals surface area contributed by atoms with Crippen LogP contribution in [0.5, 0.6) is 5.75 Å². The van der Waals surface area contributed by atoms with Crippen molar-refractivity contribution in [2.45, 2.75) is 20.8 Å². The van der Waals surface area contributed by atoms with Crippen molar-refractivity contribution in [2.24, 2.45) is 0 Å². The number of hydrogen-bond donors (Lipinski definition) is 0. The summed E-state index contributed by atoms with van der Waals surface area (Å²) in [7, 11) is 1.64. The second kappa shape index (κ2) is 7.85. The monoisotopic (exact) mass is 379 g/mol. The molecule has 0 saturated heterocycles. The molecule has 0 atom stereocenters. The molecule has 1 heterocycles. The van der Waals surface area contributed by atoms with E-state index in [0.29, 0.717) is 10.6 Å². The van der Waals surface area contributed by atoms with Crippen molar-refractivity contribution in [1.29, 1.82) is 0 Å². The van der Waals surface area contributed by atoms with Crippen molar-refractivity contribution < 1.29 is 9.53 Å². The number of carbonyl (C=O) groups is 1. The number of aromatic nitrogens is 1. The van der Waals surface area contributed by atoms with Gasteiger partial charge >= 0.3 is 0 Å². The van der Waals surface area contributed by atoms with Crippen LogP contribution in [0.1, 0.15) is 32.9 Å². The molecule has 0 aliphatic rings. The van der Waals surface area contributed by atoms with Gasteiger partial charge in [0.1, 0.15) is 5.75 Å². The molecular weight excluding hydrogens is 358 g/mol. The fourth-order valence-electron chi connectivity index (χ4n) is 3.14. The molecule has 0 spiro atoms. The van der Waals surface area contributed by atoms with Crippen molar-refractivity contribution in [3.63, 3.8) is 0 Å². The number of nitrogens with zero attached hydrogens (tertiary/aromatic N) is 1. The van der Waals surface area contributed by atoms with Gasteiger partial charge in [-0.1, -0.05) is 41.4 Å². The molecular formula is C23H22ClNO2. The van der Waals surface area contributed by atoms with Crippen LogP contribution in [0.15, 0.2) is 54.6 Å². The minimum atomic E-state index is -0.0138. The molecule has 0 amide bonds. The van der Waals surface area contributed by atoms with E-state index in [1.54, 1.807) is 19.3 Å². The van der Waals surface area contributed by atoms with E-state index in [0.717, 1.165) is 34.0 Å². The maximum Gasteiger partial charge on any atom is 0.185 e. The van der Waals surface area contributed by atoms with Gasteiger partial charge in [-0.25, -0.2) is 0 Å². The van der Waals surface area contributed by atoms with E-state index in [1.807, 2.05) is 63.2 Å². The topological polar surface area (TPSA) is 31.2 Å². The lowest BCUT2D eigenvalue weighted by Gasteiger charge is -2.14. The van der Waals surface area contributed by atoms with E-state index < -0.39 is 0 Å². The number of carbonyl (C=O) groups excluding carboxylic acids is 1. The number of ether oxygens (including phenoxy) is 1. The Balaban J connectivity index is 1.96. The number of halogens is 1. The summed E-state index contributed by atoms with van der Waals surface area (Å²) in [6.45, 7) is 6.04. The zero-order valence-corrected chi connectivity index (χ0v) is 16.7. The third kappa shape index (κ3) is 3.99. The molecule has 0 saturated carbocycles. The molecule has 138 valence electrons. The molecule has 0 radical (unpaired) electrons. The van der Waals surface area contributed by atoms with E-state index in [9.17, 15) is 4.79 Å². The average Bonchev–Trinajstić information content (AvgIpc) is 2.93. The zero-order valence-electron chi connectivity index (χ0n) is 15.9. The predicted molar refractivity (Wildman–Crippen MR) is 111 cm³/mol. The number of aryl methyl sites for hydroxylation is 2. The van der Waals surface area contributed by atoms with Crippen LogP contribution in [0.2, 0.25) is 5.02 Å². The normalized spacial score (nSPS) is 11.1. The molecule has 27 heavy (non-hydrogen) atoms. The summed E-state index contributed by atoms with van der Waals surface area (Å²) < 4.78 is 7.57. The van der Waals surface area contributed by atoms with Crippen molar-refractivity contribution in [2.75, 3.05) is 7.11 Å². The van der Waals surface area contributed by atoms with Gasteiger partial charge in [0.15, 0.2) is 5.78 Å². The van der Waals surface area contributed by atoms with Gasteiger partial charge in [-0.2, -0.15) is 0 Å². The summed E-state index contributed by atoms with van der Waals surface area (Å²) in [5.74, 6) is 0.729. The standard InChI is InChI=1S/C23H22ClNO2/c1-15-5-7-18(8-6-15)22(26)11-9-19-13-16(2)25(17(19)3)21-14-20(24)10-12-23(21)27-4/h5-14H,1-4H3/b11-9+. The van der Waals surface area contributed by atoms with Gasteiger partial charge in [0.25, 0.3) is 0 Å². The second-order valence-electron chi connectivity index (χ2n) is 6.54. The first-order chi connectivity index (χ1) is 12.9. The summed E-state index contributed by atoms with van der Waals surface area (Å²) in [4.78, 5) is 12.4. The van der Waals surface area contributed by atoms with E-state index in [1.165, 1.54) is 0 Å². The Morgan fingerprint density at radius 2 is 1.74 bits per heavy atom. The van der Waals surface area contributed by atoms with Gasteiger partial charge in [0.2, 0.25) is 0 Å². The van der Waals surface area contributed by atoms with Crippen LogP contribution in [0.25, 0.3) is 11.8 Å².